The van der Waals surface area contributed by atoms with Crippen LogP contribution < -0.4 is 9.47 Å². The van der Waals surface area contributed by atoms with E-state index in [0.29, 0.717) is 13.0 Å². The molecular formula is C20H26FNO2. The lowest BCUT2D eigenvalue weighted by atomic mass is 10.1. The minimum Gasteiger partial charge on any atom is -0.493 e. The molecule has 4 heteroatoms. The molecule has 3 nitrogen and oxygen atoms in total. The third kappa shape index (κ3) is 5.24. The van der Waals surface area contributed by atoms with E-state index in [1.54, 1.807) is 14.2 Å². The smallest absolute Gasteiger partial charge is 0.165 e. The Morgan fingerprint density at radius 2 is 1.71 bits per heavy atom. The minimum absolute atomic E-state index is 0.295. The number of hydrogen-bond donors (Lipinski definition) is 0. The highest BCUT2D eigenvalue weighted by molar-refractivity contribution is 5.46. The second-order valence-corrected chi connectivity index (χ2v) is 5.71. The average Bonchev–Trinajstić information content (AvgIpc) is 2.64. The van der Waals surface area contributed by atoms with Gasteiger partial charge in [0.15, 0.2) is 11.5 Å². The molecule has 0 fully saturated rings. The van der Waals surface area contributed by atoms with Crippen LogP contribution in [0.4, 0.5) is 4.39 Å². The van der Waals surface area contributed by atoms with Gasteiger partial charge in [-0.3, -0.25) is 9.29 Å². The highest BCUT2D eigenvalue weighted by Crippen LogP contribution is 2.31. The van der Waals surface area contributed by atoms with Crippen molar-refractivity contribution in [2.75, 3.05) is 34.0 Å². The lowest BCUT2D eigenvalue weighted by Gasteiger charge is -2.23. The van der Waals surface area contributed by atoms with E-state index in [0.717, 1.165) is 36.6 Å². The molecule has 0 heterocycles. The first-order valence-electron chi connectivity index (χ1n) is 8.30. The summed E-state index contributed by atoms with van der Waals surface area (Å²) < 4.78 is 23.5. The SMILES string of the molecule is COc1cccc(CN(CCCF)CCc2ccccc2)c1OC. The average molecular weight is 331 g/mol. The topological polar surface area (TPSA) is 21.7 Å². The number of rotatable bonds is 10. The van der Waals surface area contributed by atoms with Crippen molar-refractivity contribution in [1.29, 1.82) is 0 Å². The molecule has 0 aromatic heterocycles. The van der Waals surface area contributed by atoms with E-state index in [1.807, 2.05) is 36.4 Å². The fourth-order valence-electron chi connectivity index (χ4n) is 2.80. The van der Waals surface area contributed by atoms with E-state index in [2.05, 4.69) is 17.0 Å². The number of halogens is 1. The maximum absolute atomic E-state index is 12.6. The molecule has 130 valence electrons. The zero-order valence-electron chi connectivity index (χ0n) is 14.5. The molecule has 2 aromatic rings. The number of hydrogen-bond acceptors (Lipinski definition) is 3. The first-order chi connectivity index (χ1) is 11.8. The van der Waals surface area contributed by atoms with E-state index in [-0.39, 0.29) is 6.67 Å². The summed E-state index contributed by atoms with van der Waals surface area (Å²) in [5.41, 5.74) is 2.35. The van der Waals surface area contributed by atoms with Crippen LogP contribution in [0.1, 0.15) is 17.5 Å². The molecule has 0 aliphatic rings. The van der Waals surface area contributed by atoms with E-state index in [1.165, 1.54) is 5.56 Å². The highest BCUT2D eigenvalue weighted by Gasteiger charge is 2.13. The van der Waals surface area contributed by atoms with Crippen molar-refractivity contribution in [3.8, 4) is 11.5 Å². The number of nitrogens with zero attached hydrogens (tertiary/aromatic N) is 1. The molecule has 0 bridgehead atoms. The first-order valence-corrected chi connectivity index (χ1v) is 8.30. The molecule has 0 aliphatic carbocycles. The monoisotopic (exact) mass is 331 g/mol. The van der Waals surface area contributed by atoms with E-state index in [4.69, 9.17) is 9.47 Å². The maximum Gasteiger partial charge on any atom is 0.165 e. The Morgan fingerprint density at radius 3 is 2.38 bits per heavy atom. The van der Waals surface area contributed by atoms with Crippen molar-refractivity contribution in [2.45, 2.75) is 19.4 Å². The van der Waals surface area contributed by atoms with Gasteiger partial charge in [-0.1, -0.05) is 42.5 Å². The molecule has 2 rings (SSSR count). The summed E-state index contributed by atoms with van der Waals surface area (Å²) >= 11 is 0. The summed E-state index contributed by atoms with van der Waals surface area (Å²) in [6.45, 7) is 2.03. The van der Waals surface area contributed by atoms with E-state index < -0.39 is 0 Å². The van der Waals surface area contributed by atoms with Gasteiger partial charge in [-0.05, 0) is 24.5 Å². The standard InChI is InChI=1S/C20H26FNO2/c1-23-19-11-6-10-18(20(19)24-2)16-22(14-7-13-21)15-12-17-8-4-3-5-9-17/h3-6,8-11H,7,12-16H2,1-2H3. The van der Waals surface area contributed by atoms with Crippen molar-refractivity contribution in [3.63, 3.8) is 0 Å². The van der Waals surface area contributed by atoms with Gasteiger partial charge in [0.2, 0.25) is 0 Å². The Labute approximate surface area is 144 Å². The van der Waals surface area contributed by atoms with Crippen molar-refractivity contribution in [1.82, 2.24) is 4.90 Å². The number of benzene rings is 2. The lowest BCUT2D eigenvalue weighted by Crippen LogP contribution is -2.27. The van der Waals surface area contributed by atoms with Crippen molar-refractivity contribution in [2.24, 2.45) is 0 Å². The molecule has 0 saturated heterocycles. The quantitative estimate of drug-likeness (QED) is 0.654. The van der Waals surface area contributed by atoms with Gasteiger partial charge in [0.1, 0.15) is 0 Å². The van der Waals surface area contributed by atoms with E-state index in [9.17, 15) is 4.39 Å². The van der Waals surface area contributed by atoms with Crippen LogP contribution in [0.3, 0.4) is 0 Å². The zero-order valence-corrected chi connectivity index (χ0v) is 14.5. The third-order valence-electron chi connectivity index (χ3n) is 4.05. The molecule has 0 N–H and O–H groups in total. The predicted octanol–water partition coefficient (Wildman–Crippen LogP) is 4.11. The fraction of sp³-hybridized carbons (Fsp3) is 0.400. The largest absolute Gasteiger partial charge is 0.493 e. The Balaban J connectivity index is 2.08. The van der Waals surface area contributed by atoms with Crippen molar-refractivity contribution in [3.05, 3.63) is 59.7 Å². The van der Waals surface area contributed by atoms with Gasteiger partial charge in [-0.25, -0.2) is 0 Å². The van der Waals surface area contributed by atoms with Crippen LogP contribution in [0, 0.1) is 0 Å². The third-order valence-corrected chi connectivity index (χ3v) is 4.05. The zero-order chi connectivity index (χ0) is 17.2. The molecule has 0 amide bonds. The highest BCUT2D eigenvalue weighted by atomic mass is 19.1. The Bertz CT molecular complexity index is 604. The number of methoxy groups -OCH3 is 2. The van der Waals surface area contributed by atoms with Crippen LogP contribution in [-0.4, -0.2) is 38.9 Å². The summed E-state index contributed by atoms with van der Waals surface area (Å²) in [4.78, 5) is 2.27. The van der Waals surface area contributed by atoms with Gasteiger partial charge >= 0.3 is 0 Å². The van der Waals surface area contributed by atoms with E-state index >= 15 is 0 Å². The summed E-state index contributed by atoms with van der Waals surface area (Å²) in [6.07, 6.45) is 1.49. The lowest BCUT2D eigenvalue weighted by molar-refractivity contribution is 0.248. The van der Waals surface area contributed by atoms with Crippen LogP contribution in [0.15, 0.2) is 48.5 Å². The molecule has 24 heavy (non-hydrogen) atoms. The second kappa shape index (κ2) is 9.93. The second-order valence-electron chi connectivity index (χ2n) is 5.71. The molecule has 0 aliphatic heterocycles. The van der Waals surface area contributed by atoms with Gasteiger partial charge in [-0.15, -0.1) is 0 Å². The van der Waals surface area contributed by atoms with Crippen LogP contribution in [0.25, 0.3) is 0 Å². The summed E-state index contributed by atoms with van der Waals surface area (Å²) in [7, 11) is 3.29. The van der Waals surface area contributed by atoms with Gasteiger partial charge in [0.25, 0.3) is 0 Å². The van der Waals surface area contributed by atoms with Gasteiger partial charge in [0.05, 0.1) is 20.9 Å². The number of alkyl halides is 1. The summed E-state index contributed by atoms with van der Waals surface area (Å²) in [5.74, 6) is 1.48. The van der Waals surface area contributed by atoms with Crippen LogP contribution in [-0.2, 0) is 13.0 Å². The van der Waals surface area contributed by atoms with Crippen molar-refractivity contribution < 1.29 is 13.9 Å². The summed E-state index contributed by atoms with van der Waals surface area (Å²) in [5, 5.41) is 0. The maximum atomic E-state index is 12.6. The first kappa shape index (κ1) is 18.3. The predicted molar refractivity (Wildman–Crippen MR) is 95.6 cm³/mol. The molecule has 0 unspecified atom stereocenters. The Morgan fingerprint density at radius 1 is 0.917 bits per heavy atom. The van der Waals surface area contributed by atoms with Gasteiger partial charge < -0.3 is 9.47 Å². The van der Waals surface area contributed by atoms with Crippen LogP contribution >= 0.6 is 0 Å². The number of ether oxygens (including phenoxy) is 2. The molecule has 0 spiro atoms. The van der Waals surface area contributed by atoms with Crippen molar-refractivity contribution >= 4 is 0 Å². The molecule has 0 radical (unpaired) electrons. The molecular weight excluding hydrogens is 305 g/mol. The Kier molecular flexibility index (Phi) is 7.56. The number of para-hydroxylation sites is 1. The molecule has 0 saturated carbocycles. The van der Waals surface area contributed by atoms with Crippen LogP contribution in [0.2, 0.25) is 0 Å². The van der Waals surface area contributed by atoms with Crippen LogP contribution in [0.5, 0.6) is 11.5 Å². The summed E-state index contributed by atoms with van der Waals surface area (Å²) in [6, 6.07) is 16.2. The molecule has 0 atom stereocenters. The fourth-order valence-corrected chi connectivity index (χ4v) is 2.80. The minimum atomic E-state index is -0.295. The van der Waals surface area contributed by atoms with Gasteiger partial charge in [0, 0.05) is 25.2 Å². The Hall–Kier alpha value is -2.07. The molecule has 2 aromatic carbocycles. The normalized spacial score (nSPS) is 10.8. The van der Waals surface area contributed by atoms with Gasteiger partial charge in [-0.2, -0.15) is 0 Å².